The number of nitrogens with zero attached hydrogens (tertiary/aromatic N) is 1. The molecule has 7 heteroatoms. The van der Waals surface area contributed by atoms with E-state index in [-0.39, 0.29) is 24.2 Å². The fourth-order valence-corrected chi connectivity index (χ4v) is 3.37. The Balaban J connectivity index is 0.00000280. The van der Waals surface area contributed by atoms with E-state index < -0.39 is 6.04 Å². The van der Waals surface area contributed by atoms with Crippen LogP contribution in [0.4, 0.5) is 5.69 Å². The largest absolute Gasteiger partial charge is 0.495 e. The SMILES string of the molecule is COc1ccc(C)cc1NC(=O)C1CCCN1C(=O)c1ccc(CN)cc1.Cl. The molecule has 1 heterocycles. The summed E-state index contributed by atoms with van der Waals surface area (Å²) in [7, 11) is 1.57. The van der Waals surface area contributed by atoms with Gasteiger partial charge in [-0.1, -0.05) is 18.2 Å². The highest BCUT2D eigenvalue weighted by molar-refractivity contribution is 6.02. The van der Waals surface area contributed by atoms with Crippen LogP contribution in [-0.4, -0.2) is 36.4 Å². The van der Waals surface area contributed by atoms with Crippen LogP contribution in [0.5, 0.6) is 5.75 Å². The van der Waals surface area contributed by atoms with Crippen molar-refractivity contribution < 1.29 is 14.3 Å². The molecule has 2 aromatic rings. The number of amides is 2. The van der Waals surface area contributed by atoms with Gasteiger partial charge in [-0.05, 0) is 55.2 Å². The Bertz CT molecular complexity index is 839. The first kappa shape index (κ1) is 21.7. The summed E-state index contributed by atoms with van der Waals surface area (Å²) in [6, 6.07) is 12.3. The maximum Gasteiger partial charge on any atom is 0.254 e. The number of hydrogen-bond donors (Lipinski definition) is 2. The van der Waals surface area contributed by atoms with Gasteiger partial charge >= 0.3 is 0 Å². The maximum atomic E-state index is 12.9. The van der Waals surface area contributed by atoms with Crippen molar-refractivity contribution in [3.05, 3.63) is 59.2 Å². The van der Waals surface area contributed by atoms with E-state index in [9.17, 15) is 9.59 Å². The van der Waals surface area contributed by atoms with Crippen molar-refractivity contribution in [2.45, 2.75) is 32.4 Å². The predicted molar refractivity (Wildman–Crippen MR) is 112 cm³/mol. The van der Waals surface area contributed by atoms with E-state index in [1.165, 1.54) is 0 Å². The van der Waals surface area contributed by atoms with Gasteiger partial charge in [-0.3, -0.25) is 9.59 Å². The van der Waals surface area contributed by atoms with Gasteiger partial charge in [0.25, 0.3) is 5.91 Å². The van der Waals surface area contributed by atoms with E-state index in [2.05, 4.69) is 5.32 Å². The molecule has 0 spiro atoms. The number of nitrogens with two attached hydrogens (primary N) is 1. The van der Waals surface area contributed by atoms with Gasteiger partial charge in [-0.2, -0.15) is 0 Å². The number of carbonyl (C=O) groups excluding carboxylic acids is 2. The molecule has 1 fully saturated rings. The first-order valence-electron chi connectivity index (χ1n) is 9.09. The van der Waals surface area contributed by atoms with Crippen molar-refractivity contribution in [3.63, 3.8) is 0 Å². The quantitative estimate of drug-likeness (QED) is 0.803. The number of aryl methyl sites for hydroxylation is 1. The van der Waals surface area contributed by atoms with Crippen molar-refractivity contribution in [1.82, 2.24) is 4.90 Å². The van der Waals surface area contributed by atoms with Gasteiger partial charge in [0, 0.05) is 18.7 Å². The predicted octanol–water partition coefficient (Wildman–Crippen LogP) is 3.13. The van der Waals surface area contributed by atoms with Crippen molar-refractivity contribution in [2.24, 2.45) is 5.73 Å². The smallest absolute Gasteiger partial charge is 0.254 e. The zero-order chi connectivity index (χ0) is 19.4. The topological polar surface area (TPSA) is 84.7 Å². The summed E-state index contributed by atoms with van der Waals surface area (Å²) in [5.74, 6) is 0.276. The third kappa shape index (κ3) is 4.64. The Labute approximate surface area is 171 Å². The second-order valence-electron chi connectivity index (χ2n) is 6.75. The van der Waals surface area contributed by atoms with Gasteiger partial charge in [-0.15, -0.1) is 12.4 Å². The van der Waals surface area contributed by atoms with E-state index in [0.717, 1.165) is 17.5 Å². The minimum Gasteiger partial charge on any atom is -0.495 e. The van der Waals surface area contributed by atoms with Gasteiger partial charge in [0.15, 0.2) is 0 Å². The molecule has 1 atom stereocenters. The molecule has 2 amide bonds. The number of ether oxygens (including phenoxy) is 1. The van der Waals surface area contributed by atoms with Crippen molar-refractivity contribution in [1.29, 1.82) is 0 Å². The fraction of sp³-hybridized carbons (Fsp3) is 0.333. The molecule has 1 aliphatic heterocycles. The van der Waals surface area contributed by atoms with E-state index in [1.54, 1.807) is 24.1 Å². The first-order chi connectivity index (χ1) is 13.0. The lowest BCUT2D eigenvalue weighted by molar-refractivity contribution is -0.119. The van der Waals surface area contributed by atoms with Gasteiger partial charge in [0.1, 0.15) is 11.8 Å². The van der Waals surface area contributed by atoms with E-state index in [0.29, 0.717) is 36.5 Å². The number of rotatable bonds is 5. The molecular formula is C21H26ClN3O3. The number of likely N-dealkylation sites (tertiary alicyclic amines) is 1. The standard InChI is InChI=1S/C21H25N3O3.ClH/c1-14-5-10-19(27-2)17(12-14)23-20(25)18-4-3-11-24(18)21(26)16-8-6-15(13-22)7-9-16;/h5-10,12,18H,3-4,11,13,22H2,1-2H3,(H,23,25);1H. The van der Waals surface area contributed by atoms with Crippen LogP contribution in [-0.2, 0) is 11.3 Å². The molecule has 1 unspecified atom stereocenters. The van der Waals surface area contributed by atoms with Gasteiger partial charge < -0.3 is 20.7 Å². The molecule has 0 saturated carbocycles. The van der Waals surface area contributed by atoms with Gasteiger partial charge in [-0.25, -0.2) is 0 Å². The maximum absolute atomic E-state index is 12.9. The molecule has 0 radical (unpaired) electrons. The fourth-order valence-electron chi connectivity index (χ4n) is 3.37. The lowest BCUT2D eigenvalue weighted by atomic mass is 10.1. The Morgan fingerprint density at radius 3 is 2.57 bits per heavy atom. The Morgan fingerprint density at radius 2 is 1.93 bits per heavy atom. The zero-order valence-corrected chi connectivity index (χ0v) is 16.9. The van der Waals surface area contributed by atoms with Crippen LogP contribution in [0, 0.1) is 6.92 Å². The highest BCUT2D eigenvalue weighted by atomic mass is 35.5. The molecule has 6 nitrogen and oxygen atoms in total. The van der Waals surface area contributed by atoms with Crippen LogP contribution in [0.1, 0.15) is 34.3 Å². The Kier molecular flexibility index (Phi) is 7.43. The lowest BCUT2D eigenvalue weighted by Crippen LogP contribution is -2.43. The van der Waals surface area contributed by atoms with Crippen LogP contribution >= 0.6 is 12.4 Å². The molecular weight excluding hydrogens is 378 g/mol. The summed E-state index contributed by atoms with van der Waals surface area (Å²) in [5.41, 5.74) is 8.78. The summed E-state index contributed by atoms with van der Waals surface area (Å²) >= 11 is 0. The summed E-state index contributed by atoms with van der Waals surface area (Å²) in [6.45, 7) is 2.95. The Morgan fingerprint density at radius 1 is 1.21 bits per heavy atom. The van der Waals surface area contributed by atoms with Gasteiger partial charge in [0.2, 0.25) is 5.91 Å². The summed E-state index contributed by atoms with van der Waals surface area (Å²) in [4.78, 5) is 27.4. The van der Waals surface area contributed by atoms with Crippen molar-refractivity contribution in [3.8, 4) is 5.75 Å². The van der Waals surface area contributed by atoms with Crippen LogP contribution in [0.25, 0.3) is 0 Å². The van der Waals surface area contributed by atoms with Crippen LogP contribution in [0.2, 0.25) is 0 Å². The molecule has 2 aromatic carbocycles. The first-order valence-corrected chi connectivity index (χ1v) is 9.09. The lowest BCUT2D eigenvalue weighted by Gasteiger charge is -2.24. The molecule has 150 valence electrons. The minimum atomic E-state index is -0.489. The van der Waals surface area contributed by atoms with E-state index in [1.807, 2.05) is 37.3 Å². The number of anilines is 1. The van der Waals surface area contributed by atoms with Crippen molar-refractivity contribution >= 4 is 29.9 Å². The van der Waals surface area contributed by atoms with E-state index >= 15 is 0 Å². The monoisotopic (exact) mass is 403 g/mol. The molecule has 0 aliphatic carbocycles. The summed E-state index contributed by atoms with van der Waals surface area (Å²) in [5, 5.41) is 2.92. The number of nitrogens with one attached hydrogen (secondary N) is 1. The number of benzene rings is 2. The Hall–Kier alpha value is -2.57. The average Bonchev–Trinajstić information content (AvgIpc) is 3.17. The van der Waals surface area contributed by atoms with Crippen LogP contribution in [0.15, 0.2) is 42.5 Å². The van der Waals surface area contributed by atoms with Crippen molar-refractivity contribution in [2.75, 3.05) is 19.0 Å². The highest BCUT2D eigenvalue weighted by Gasteiger charge is 2.34. The molecule has 3 N–H and O–H groups in total. The second-order valence-corrected chi connectivity index (χ2v) is 6.75. The number of hydrogen-bond acceptors (Lipinski definition) is 4. The average molecular weight is 404 g/mol. The molecule has 0 bridgehead atoms. The second kappa shape index (κ2) is 9.57. The van der Waals surface area contributed by atoms with Crippen LogP contribution in [0.3, 0.4) is 0 Å². The summed E-state index contributed by atoms with van der Waals surface area (Å²) in [6.07, 6.45) is 1.45. The van der Waals surface area contributed by atoms with Crippen LogP contribution < -0.4 is 15.8 Å². The third-order valence-corrected chi connectivity index (χ3v) is 4.87. The van der Waals surface area contributed by atoms with Gasteiger partial charge in [0.05, 0.1) is 12.8 Å². The number of carbonyl (C=O) groups is 2. The highest BCUT2D eigenvalue weighted by Crippen LogP contribution is 2.27. The minimum absolute atomic E-state index is 0. The molecule has 1 saturated heterocycles. The number of halogens is 1. The molecule has 3 rings (SSSR count). The number of methoxy groups -OCH3 is 1. The molecule has 0 aromatic heterocycles. The normalized spacial score (nSPS) is 15.7. The zero-order valence-electron chi connectivity index (χ0n) is 16.1. The molecule has 1 aliphatic rings. The summed E-state index contributed by atoms with van der Waals surface area (Å²) < 4.78 is 5.32. The third-order valence-electron chi connectivity index (χ3n) is 4.87. The molecule has 28 heavy (non-hydrogen) atoms. The van der Waals surface area contributed by atoms with E-state index in [4.69, 9.17) is 10.5 Å².